The Hall–Kier alpha value is -1.10. The minimum absolute atomic E-state index is 0.0343. The second-order valence-corrected chi connectivity index (χ2v) is 8.91. The summed E-state index contributed by atoms with van der Waals surface area (Å²) in [5.41, 5.74) is -0.0343. The van der Waals surface area contributed by atoms with Crippen LogP contribution in [0.15, 0.2) is 0 Å². The van der Waals surface area contributed by atoms with Crippen molar-refractivity contribution in [3.05, 3.63) is 0 Å². The van der Waals surface area contributed by atoms with Gasteiger partial charge in [0.15, 0.2) is 0 Å². The number of imide groups is 1. The average Bonchev–Trinajstić information content (AvgIpc) is 2.53. The summed E-state index contributed by atoms with van der Waals surface area (Å²) in [5.74, 6) is 2.22. The molecule has 5 rings (SSSR count). The Morgan fingerprint density at radius 1 is 0.958 bits per heavy atom. The molecule has 4 bridgehead atoms. The third-order valence-electron chi connectivity index (χ3n) is 6.97. The minimum Gasteiger partial charge on any atom is -0.332 e. The Balaban J connectivity index is 1.32. The van der Waals surface area contributed by atoms with Crippen molar-refractivity contribution in [3.8, 4) is 0 Å². The molecule has 2 N–H and O–H groups in total. The van der Waals surface area contributed by atoms with Gasteiger partial charge in [-0.25, -0.2) is 4.79 Å². The first-order chi connectivity index (χ1) is 11.5. The smallest absolute Gasteiger partial charge is 0.321 e. The summed E-state index contributed by atoms with van der Waals surface area (Å²) in [7, 11) is 0. The van der Waals surface area contributed by atoms with Crippen molar-refractivity contribution >= 4 is 11.9 Å². The number of likely N-dealkylation sites (tertiary alicyclic amines) is 1. The van der Waals surface area contributed by atoms with Gasteiger partial charge in [-0.1, -0.05) is 6.42 Å². The van der Waals surface area contributed by atoms with Gasteiger partial charge in [-0.15, -0.1) is 0 Å². The fourth-order valence-corrected chi connectivity index (χ4v) is 6.22. The van der Waals surface area contributed by atoms with E-state index in [-0.39, 0.29) is 23.5 Å². The predicted octanol–water partition coefficient (Wildman–Crippen LogP) is 2.66. The largest absolute Gasteiger partial charge is 0.332 e. The Morgan fingerprint density at radius 2 is 1.50 bits per heavy atom. The number of piperidine rings is 1. The molecule has 4 aliphatic carbocycles. The third-order valence-corrected chi connectivity index (χ3v) is 6.97. The summed E-state index contributed by atoms with van der Waals surface area (Å²) >= 11 is 0. The molecule has 4 saturated carbocycles. The summed E-state index contributed by atoms with van der Waals surface area (Å²) in [6, 6.07) is -0.488. The molecule has 5 aliphatic rings. The van der Waals surface area contributed by atoms with Crippen LogP contribution < -0.4 is 10.6 Å². The van der Waals surface area contributed by atoms with Gasteiger partial charge < -0.3 is 5.32 Å². The Kier molecular flexibility index (Phi) is 4.31. The average molecular weight is 333 g/mol. The molecule has 0 aromatic heterocycles. The molecule has 3 amide bonds. The van der Waals surface area contributed by atoms with E-state index in [1.165, 1.54) is 25.7 Å². The zero-order valence-electron chi connectivity index (χ0n) is 14.9. The quantitative estimate of drug-likeness (QED) is 0.835. The lowest BCUT2D eigenvalue weighted by molar-refractivity contribution is -0.125. The van der Waals surface area contributed by atoms with Gasteiger partial charge >= 0.3 is 6.03 Å². The number of nitrogens with zero attached hydrogens (tertiary/aromatic N) is 1. The Morgan fingerprint density at radius 3 is 2.04 bits per heavy atom. The van der Waals surface area contributed by atoms with Crippen molar-refractivity contribution in [2.45, 2.75) is 76.3 Å². The maximum atomic E-state index is 12.5. The number of hydrogen-bond donors (Lipinski definition) is 2. The van der Waals surface area contributed by atoms with E-state index in [2.05, 4.69) is 15.5 Å². The zero-order chi connectivity index (χ0) is 16.7. The molecule has 0 spiro atoms. The standard InChI is InChI=1S/C19H31N3O2/c1-13(22-5-3-2-4-6-22)17(23)20-18(24)21-19-10-14-7-15(11-19)9-16(8-14)12-19/h13-16H,2-12H2,1H3,(H2,20,21,23,24)/t13-,14?,15?,16?,19?/m0/s1. The number of carbonyl (C=O) groups excluding carboxylic acids is 2. The summed E-state index contributed by atoms with van der Waals surface area (Å²) in [4.78, 5) is 27.1. The molecule has 1 saturated heterocycles. The van der Waals surface area contributed by atoms with Gasteiger partial charge in [-0.3, -0.25) is 15.0 Å². The van der Waals surface area contributed by atoms with Gasteiger partial charge in [0.1, 0.15) is 0 Å². The Bertz CT molecular complexity index is 477. The first-order valence-corrected chi connectivity index (χ1v) is 9.90. The van der Waals surface area contributed by atoms with Crippen LogP contribution in [0.25, 0.3) is 0 Å². The van der Waals surface area contributed by atoms with Crippen molar-refractivity contribution in [1.82, 2.24) is 15.5 Å². The van der Waals surface area contributed by atoms with Crippen LogP contribution in [0.3, 0.4) is 0 Å². The Labute approximate surface area is 144 Å². The highest BCUT2D eigenvalue weighted by Gasteiger charge is 2.51. The van der Waals surface area contributed by atoms with Gasteiger partial charge in [0.25, 0.3) is 0 Å². The molecule has 5 fully saturated rings. The lowest BCUT2D eigenvalue weighted by Gasteiger charge is -2.56. The van der Waals surface area contributed by atoms with Crippen LogP contribution >= 0.6 is 0 Å². The van der Waals surface area contributed by atoms with E-state index >= 15 is 0 Å². The fraction of sp³-hybridized carbons (Fsp3) is 0.895. The van der Waals surface area contributed by atoms with E-state index in [0.29, 0.717) is 0 Å². The van der Waals surface area contributed by atoms with E-state index in [9.17, 15) is 9.59 Å². The van der Waals surface area contributed by atoms with Gasteiger partial charge in [0, 0.05) is 5.54 Å². The fourth-order valence-electron chi connectivity index (χ4n) is 6.22. The molecule has 0 unspecified atom stereocenters. The lowest BCUT2D eigenvalue weighted by atomic mass is 9.53. The van der Waals surface area contributed by atoms with Crippen LogP contribution in [0.1, 0.15) is 64.7 Å². The molecular formula is C19H31N3O2. The molecule has 1 heterocycles. The number of hydrogen-bond acceptors (Lipinski definition) is 3. The van der Waals surface area contributed by atoms with E-state index in [1.54, 1.807) is 0 Å². The summed E-state index contributed by atoms with van der Waals surface area (Å²) in [6.07, 6.45) is 11.0. The highest BCUT2D eigenvalue weighted by atomic mass is 16.2. The van der Waals surface area contributed by atoms with Crippen LogP contribution in [-0.2, 0) is 4.79 Å². The predicted molar refractivity (Wildman–Crippen MR) is 92.5 cm³/mol. The van der Waals surface area contributed by atoms with Crippen LogP contribution in [0.2, 0.25) is 0 Å². The monoisotopic (exact) mass is 333 g/mol. The SMILES string of the molecule is C[C@@H](C(=O)NC(=O)NC12CC3CC(CC(C3)C1)C2)N1CCCCC1. The maximum absolute atomic E-state index is 12.5. The molecule has 0 radical (unpaired) electrons. The van der Waals surface area contributed by atoms with Crippen molar-refractivity contribution in [2.75, 3.05) is 13.1 Å². The normalized spacial score (nSPS) is 39.5. The van der Waals surface area contributed by atoms with Crippen LogP contribution in [0.4, 0.5) is 4.79 Å². The minimum atomic E-state index is -0.272. The van der Waals surface area contributed by atoms with E-state index in [0.717, 1.165) is 62.9 Å². The van der Waals surface area contributed by atoms with Crippen LogP contribution in [-0.4, -0.2) is 41.5 Å². The number of nitrogens with one attached hydrogen (secondary N) is 2. The van der Waals surface area contributed by atoms with E-state index in [1.807, 2.05) is 6.92 Å². The van der Waals surface area contributed by atoms with Gasteiger partial charge in [-0.05, 0) is 89.1 Å². The molecular weight excluding hydrogens is 302 g/mol. The highest BCUT2D eigenvalue weighted by molar-refractivity contribution is 5.97. The third kappa shape index (κ3) is 3.19. The summed E-state index contributed by atoms with van der Waals surface area (Å²) in [5, 5.41) is 5.85. The van der Waals surface area contributed by atoms with Crippen molar-refractivity contribution < 1.29 is 9.59 Å². The van der Waals surface area contributed by atoms with E-state index in [4.69, 9.17) is 0 Å². The van der Waals surface area contributed by atoms with Crippen LogP contribution in [0.5, 0.6) is 0 Å². The number of rotatable bonds is 3. The molecule has 24 heavy (non-hydrogen) atoms. The van der Waals surface area contributed by atoms with E-state index < -0.39 is 0 Å². The molecule has 0 aromatic rings. The van der Waals surface area contributed by atoms with Crippen molar-refractivity contribution in [2.24, 2.45) is 17.8 Å². The molecule has 5 nitrogen and oxygen atoms in total. The molecule has 0 aromatic carbocycles. The topological polar surface area (TPSA) is 61.4 Å². The number of urea groups is 1. The number of amides is 3. The summed E-state index contributed by atoms with van der Waals surface area (Å²) in [6.45, 7) is 3.84. The molecule has 134 valence electrons. The van der Waals surface area contributed by atoms with Gasteiger partial charge in [0.2, 0.25) is 5.91 Å². The van der Waals surface area contributed by atoms with Gasteiger partial charge in [-0.2, -0.15) is 0 Å². The molecule has 1 atom stereocenters. The second kappa shape index (κ2) is 6.32. The molecule has 5 heteroatoms. The molecule has 1 aliphatic heterocycles. The van der Waals surface area contributed by atoms with Crippen molar-refractivity contribution in [1.29, 1.82) is 0 Å². The highest BCUT2D eigenvalue weighted by Crippen LogP contribution is 2.55. The second-order valence-electron chi connectivity index (χ2n) is 8.91. The first kappa shape index (κ1) is 16.4. The lowest BCUT2D eigenvalue weighted by Crippen LogP contribution is -2.62. The van der Waals surface area contributed by atoms with Gasteiger partial charge in [0.05, 0.1) is 6.04 Å². The zero-order valence-corrected chi connectivity index (χ0v) is 14.9. The first-order valence-electron chi connectivity index (χ1n) is 9.90. The number of carbonyl (C=O) groups is 2. The van der Waals surface area contributed by atoms with Crippen LogP contribution in [0, 0.1) is 17.8 Å². The summed E-state index contributed by atoms with van der Waals surface area (Å²) < 4.78 is 0. The maximum Gasteiger partial charge on any atom is 0.321 e. The van der Waals surface area contributed by atoms with Crippen molar-refractivity contribution in [3.63, 3.8) is 0 Å².